The van der Waals surface area contributed by atoms with Crippen molar-refractivity contribution >= 4 is 23.2 Å². The molecule has 25 heavy (non-hydrogen) atoms. The largest absolute Gasteiger partial charge is 0.463 e. The number of hydrogen-bond donors (Lipinski definition) is 0. The Balaban J connectivity index is 1.56. The van der Waals surface area contributed by atoms with Crippen molar-refractivity contribution < 1.29 is 13.6 Å². The number of carbonyl (C=O) groups is 1. The van der Waals surface area contributed by atoms with Gasteiger partial charge in [-0.1, -0.05) is 11.8 Å². The maximum Gasteiger partial charge on any atom is 0.212 e. The van der Waals surface area contributed by atoms with Crippen molar-refractivity contribution in [3.05, 3.63) is 66.2 Å². The molecule has 0 spiro atoms. The smallest absolute Gasteiger partial charge is 0.212 e. The topological polar surface area (TPSA) is 73.3 Å². The Kier molecular flexibility index (Phi) is 4.02. The van der Waals surface area contributed by atoms with Gasteiger partial charge in [0, 0.05) is 5.56 Å². The second-order valence-electron chi connectivity index (χ2n) is 5.17. The highest BCUT2D eigenvalue weighted by Crippen LogP contribution is 2.21. The molecule has 4 rings (SSSR count). The van der Waals surface area contributed by atoms with Crippen molar-refractivity contribution in [2.45, 2.75) is 5.16 Å². The van der Waals surface area contributed by atoms with Gasteiger partial charge in [-0.25, -0.2) is 4.39 Å². The Morgan fingerprint density at radius 2 is 1.96 bits per heavy atom. The molecule has 0 fully saturated rings. The molecule has 0 N–H and O–H groups in total. The summed E-state index contributed by atoms with van der Waals surface area (Å²) in [4.78, 5) is 12.2. The quantitative estimate of drug-likeness (QED) is 0.403. The Morgan fingerprint density at radius 1 is 1.12 bits per heavy atom. The summed E-state index contributed by atoms with van der Waals surface area (Å²) in [5.74, 6) is 0.291. The number of thioether (sulfide) groups is 1. The minimum Gasteiger partial charge on any atom is -0.463 e. The lowest BCUT2D eigenvalue weighted by molar-refractivity contribution is 0.102. The van der Waals surface area contributed by atoms with E-state index in [-0.39, 0.29) is 17.4 Å². The number of carbonyl (C=O) groups excluding carboxylic acids is 1. The molecule has 0 aliphatic rings. The zero-order chi connectivity index (χ0) is 17.2. The summed E-state index contributed by atoms with van der Waals surface area (Å²) in [7, 11) is 0. The van der Waals surface area contributed by atoms with Crippen LogP contribution in [0.5, 0.6) is 0 Å². The van der Waals surface area contributed by atoms with Gasteiger partial charge in [-0.05, 0) is 48.5 Å². The first-order chi connectivity index (χ1) is 12.2. The molecular formula is C17H11FN4O2S. The van der Waals surface area contributed by atoms with Crippen LogP contribution in [-0.4, -0.2) is 31.3 Å². The molecule has 0 saturated carbocycles. The Morgan fingerprint density at radius 3 is 2.72 bits per heavy atom. The van der Waals surface area contributed by atoms with Crippen molar-refractivity contribution in [2.24, 2.45) is 0 Å². The van der Waals surface area contributed by atoms with Crippen LogP contribution in [0, 0.1) is 5.82 Å². The number of halogens is 1. The molecule has 6 nitrogen and oxygen atoms in total. The molecule has 124 valence electrons. The predicted octanol–water partition coefficient (Wildman–Crippen LogP) is 3.50. The molecule has 0 saturated heterocycles. The summed E-state index contributed by atoms with van der Waals surface area (Å²) in [6.07, 6.45) is 1.57. The fourth-order valence-electron chi connectivity index (χ4n) is 2.26. The van der Waals surface area contributed by atoms with E-state index in [4.69, 9.17) is 4.42 Å². The average molecular weight is 354 g/mol. The van der Waals surface area contributed by atoms with Gasteiger partial charge in [0.2, 0.25) is 5.16 Å². The number of ketones is 1. The molecular weight excluding hydrogens is 343 g/mol. The van der Waals surface area contributed by atoms with Crippen LogP contribution >= 0.6 is 11.8 Å². The fourth-order valence-corrected chi connectivity index (χ4v) is 3.05. The summed E-state index contributed by atoms with van der Waals surface area (Å²) in [5, 5.41) is 13.1. The minimum atomic E-state index is -0.373. The molecule has 0 amide bonds. The minimum absolute atomic E-state index is 0.121. The van der Waals surface area contributed by atoms with E-state index in [0.717, 1.165) is 0 Å². The monoisotopic (exact) mass is 354 g/mol. The van der Waals surface area contributed by atoms with Gasteiger partial charge in [0.15, 0.2) is 17.2 Å². The van der Waals surface area contributed by atoms with E-state index in [2.05, 4.69) is 15.3 Å². The first-order valence-corrected chi connectivity index (χ1v) is 8.37. The number of benzene rings is 1. The van der Waals surface area contributed by atoms with Gasteiger partial charge in [0.05, 0.1) is 12.0 Å². The van der Waals surface area contributed by atoms with E-state index < -0.39 is 0 Å². The highest BCUT2D eigenvalue weighted by atomic mass is 32.2. The maximum atomic E-state index is 12.9. The van der Waals surface area contributed by atoms with Gasteiger partial charge in [-0.3, -0.25) is 4.79 Å². The number of furan rings is 1. The lowest BCUT2D eigenvalue weighted by Crippen LogP contribution is -2.04. The van der Waals surface area contributed by atoms with Gasteiger partial charge in [-0.15, -0.1) is 10.2 Å². The summed E-state index contributed by atoms with van der Waals surface area (Å²) in [6.45, 7) is 0. The lowest BCUT2D eigenvalue weighted by Gasteiger charge is -2.02. The van der Waals surface area contributed by atoms with Gasteiger partial charge >= 0.3 is 0 Å². The van der Waals surface area contributed by atoms with Crippen LogP contribution in [0.1, 0.15) is 10.4 Å². The third kappa shape index (κ3) is 3.16. The number of rotatable bonds is 5. The van der Waals surface area contributed by atoms with Gasteiger partial charge < -0.3 is 4.42 Å². The molecule has 0 atom stereocenters. The molecule has 8 heteroatoms. The molecule has 1 aromatic carbocycles. The van der Waals surface area contributed by atoms with Crippen LogP contribution in [0.15, 0.2) is 64.4 Å². The van der Waals surface area contributed by atoms with E-state index in [1.165, 1.54) is 36.0 Å². The second kappa shape index (κ2) is 6.48. The zero-order valence-electron chi connectivity index (χ0n) is 12.8. The number of Topliss-reactive ketones (excluding diaryl/α,β-unsaturated/α-hetero) is 1. The van der Waals surface area contributed by atoms with Crippen molar-refractivity contribution in [3.63, 3.8) is 0 Å². The van der Waals surface area contributed by atoms with E-state index in [9.17, 15) is 9.18 Å². The third-order valence-corrected chi connectivity index (χ3v) is 4.43. The third-order valence-electron chi connectivity index (χ3n) is 3.51. The summed E-state index contributed by atoms with van der Waals surface area (Å²) in [6, 6.07) is 12.6. The number of hydrogen-bond acceptors (Lipinski definition) is 6. The molecule has 4 aromatic rings. The highest BCUT2D eigenvalue weighted by molar-refractivity contribution is 7.99. The molecule has 0 bridgehead atoms. The van der Waals surface area contributed by atoms with Crippen LogP contribution in [-0.2, 0) is 0 Å². The van der Waals surface area contributed by atoms with Gasteiger partial charge in [-0.2, -0.15) is 9.61 Å². The summed E-state index contributed by atoms with van der Waals surface area (Å²) < 4.78 is 19.8. The molecule has 0 aliphatic carbocycles. The SMILES string of the molecule is O=C(CSc1nnc2ccc(-c3ccco3)nn12)c1ccc(F)cc1. The molecule has 3 heterocycles. The van der Waals surface area contributed by atoms with Crippen LogP contribution in [0.4, 0.5) is 4.39 Å². The van der Waals surface area contributed by atoms with E-state index in [0.29, 0.717) is 27.8 Å². The van der Waals surface area contributed by atoms with Crippen LogP contribution in [0.3, 0.4) is 0 Å². The molecule has 0 radical (unpaired) electrons. The predicted molar refractivity (Wildman–Crippen MR) is 89.9 cm³/mol. The average Bonchev–Trinajstić information content (AvgIpc) is 3.30. The molecule has 0 unspecified atom stereocenters. The normalized spacial score (nSPS) is 11.1. The van der Waals surface area contributed by atoms with Crippen LogP contribution in [0.2, 0.25) is 0 Å². The summed E-state index contributed by atoms with van der Waals surface area (Å²) >= 11 is 1.22. The first kappa shape index (κ1) is 15.5. The first-order valence-electron chi connectivity index (χ1n) is 7.38. The van der Waals surface area contributed by atoms with Crippen molar-refractivity contribution in [1.82, 2.24) is 19.8 Å². The van der Waals surface area contributed by atoms with Crippen molar-refractivity contribution in [1.29, 1.82) is 0 Å². The van der Waals surface area contributed by atoms with Crippen molar-refractivity contribution in [3.8, 4) is 11.5 Å². The van der Waals surface area contributed by atoms with Crippen LogP contribution in [0.25, 0.3) is 17.1 Å². The van der Waals surface area contributed by atoms with Gasteiger partial charge in [0.1, 0.15) is 11.5 Å². The Labute approximate surface area is 145 Å². The number of fused-ring (bicyclic) bond motifs is 1. The van der Waals surface area contributed by atoms with E-state index in [1.807, 2.05) is 6.07 Å². The van der Waals surface area contributed by atoms with E-state index in [1.54, 1.807) is 29.0 Å². The lowest BCUT2D eigenvalue weighted by atomic mass is 10.1. The van der Waals surface area contributed by atoms with Crippen molar-refractivity contribution in [2.75, 3.05) is 5.75 Å². The number of aromatic nitrogens is 4. The summed E-state index contributed by atoms with van der Waals surface area (Å²) in [5.41, 5.74) is 1.67. The fraction of sp³-hybridized carbons (Fsp3) is 0.0588. The maximum absolute atomic E-state index is 12.9. The highest BCUT2D eigenvalue weighted by Gasteiger charge is 2.13. The second-order valence-corrected chi connectivity index (χ2v) is 6.11. The Hall–Kier alpha value is -3.00. The van der Waals surface area contributed by atoms with E-state index >= 15 is 0 Å². The number of nitrogens with zero attached hydrogens (tertiary/aromatic N) is 4. The molecule has 3 aromatic heterocycles. The molecule has 0 aliphatic heterocycles. The van der Waals surface area contributed by atoms with Gasteiger partial charge in [0.25, 0.3) is 0 Å². The standard InChI is InChI=1S/C17H11FN4O2S/c18-12-5-3-11(4-6-12)14(23)10-25-17-20-19-16-8-7-13(21-22(16)17)15-2-1-9-24-15/h1-9H,10H2. The zero-order valence-corrected chi connectivity index (χ0v) is 13.6. The Bertz CT molecular complexity index is 1030. The van der Waals surface area contributed by atoms with Crippen LogP contribution < -0.4 is 0 Å².